The van der Waals surface area contributed by atoms with E-state index in [1.54, 1.807) is 49.6 Å². The molecule has 0 amide bonds. The average molecular weight is 860 g/mol. The fraction of sp³-hybridized carbons (Fsp3) is 0.167. The van der Waals surface area contributed by atoms with Crippen LogP contribution >= 0.6 is 0 Å². The predicted molar refractivity (Wildman–Crippen MR) is 239 cm³/mol. The van der Waals surface area contributed by atoms with E-state index in [0.717, 1.165) is 33.5 Å². The molecule has 0 bridgehead atoms. The fourth-order valence-electron chi connectivity index (χ4n) is 9.39. The van der Waals surface area contributed by atoms with Gasteiger partial charge in [-0.15, -0.1) is 0 Å². The van der Waals surface area contributed by atoms with Crippen LogP contribution in [0.5, 0.6) is 5.75 Å². The van der Waals surface area contributed by atoms with Gasteiger partial charge in [-0.05, 0) is 121 Å². The third kappa shape index (κ3) is 6.77. The van der Waals surface area contributed by atoms with Gasteiger partial charge in [-0.2, -0.15) is 0 Å². The van der Waals surface area contributed by atoms with E-state index in [4.69, 9.17) is 19.8 Å². The molecule has 1 saturated carbocycles. The van der Waals surface area contributed by atoms with Crippen molar-refractivity contribution in [2.75, 3.05) is 17.7 Å². The van der Waals surface area contributed by atoms with Crippen molar-refractivity contribution in [3.8, 4) is 5.75 Å². The van der Waals surface area contributed by atoms with Crippen LogP contribution in [0.2, 0.25) is 0 Å². The Morgan fingerprint density at radius 2 is 1.40 bits per heavy atom. The minimum absolute atomic E-state index is 0.0218. The summed E-state index contributed by atoms with van der Waals surface area (Å²) in [5, 5.41) is 34.3. The van der Waals surface area contributed by atoms with E-state index >= 15 is 0 Å². The molecule has 63 heavy (non-hydrogen) atoms. The Labute approximate surface area is 361 Å². The molecule has 0 aliphatic heterocycles. The summed E-state index contributed by atoms with van der Waals surface area (Å²) >= 11 is 0. The third-order valence-corrected chi connectivity index (χ3v) is 13.3. The lowest BCUT2D eigenvalue weighted by Crippen LogP contribution is -2.23. The van der Waals surface area contributed by atoms with E-state index in [1.165, 1.54) is 19.1 Å². The van der Waals surface area contributed by atoms with Crippen LogP contribution in [0.1, 0.15) is 68.3 Å². The van der Waals surface area contributed by atoms with E-state index in [-0.39, 0.29) is 22.2 Å². The summed E-state index contributed by atoms with van der Waals surface area (Å²) in [4.78, 5) is 34.5. The predicted octanol–water partition coefficient (Wildman–Crippen LogP) is 7.87. The van der Waals surface area contributed by atoms with Gasteiger partial charge in [-0.25, -0.2) is 28.3 Å². The summed E-state index contributed by atoms with van der Waals surface area (Å²) < 4.78 is 33.7. The van der Waals surface area contributed by atoms with Gasteiger partial charge in [0.1, 0.15) is 5.75 Å². The Morgan fingerprint density at radius 1 is 0.778 bits per heavy atom. The number of methoxy groups -OCH3 is 1. The summed E-state index contributed by atoms with van der Waals surface area (Å²) in [6.07, 6.45) is 0.153. The number of hydrogen-bond donors (Lipinski definition) is 5. The van der Waals surface area contributed by atoms with E-state index in [1.807, 2.05) is 65.2 Å². The molecular formula is C48H41N7O7S. The number of imidazole rings is 2. The number of carboxylic acids is 1. The molecule has 2 heterocycles. The van der Waals surface area contributed by atoms with Gasteiger partial charge in [-0.3, -0.25) is 13.9 Å². The van der Waals surface area contributed by atoms with Gasteiger partial charge in [0.15, 0.2) is 5.78 Å². The first kappa shape index (κ1) is 39.8. The lowest BCUT2D eigenvalue weighted by molar-refractivity contribution is 0.0696. The number of carbonyl (C=O) groups excluding carboxylic acids is 1. The Hall–Kier alpha value is -7.33. The first-order valence-corrected chi connectivity index (χ1v) is 21.8. The van der Waals surface area contributed by atoms with Crippen molar-refractivity contribution in [3.63, 3.8) is 0 Å². The first-order chi connectivity index (χ1) is 30.3. The molecule has 2 aliphatic rings. The normalized spacial score (nSPS) is 19.2. The smallest absolute Gasteiger partial charge is 0.335 e. The summed E-state index contributed by atoms with van der Waals surface area (Å²) in [7, 11) is -2.32. The van der Waals surface area contributed by atoms with Gasteiger partial charge in [0.25, 0.3) is 0 Å². The number of anilines is 4. The Kier molecular flexibility index (Phi) is 9.43. The summed E-state index contributed by atoms with van der Waals surface area (Å²) in [5.41, 5.74) is 7.78. The molecule has 10 rings (SSSR count). The number of carboxylic acid groups (broad SMARTS) is 1. The number of sulfonamides is 1. The molecule has 316 valence electrons. The molecule has 2 aromatic heterocycles. The zero-order valence-electron chi connectivity index (χ0n) is 34.1. The van der Waals surface area contributed by atoms with Crippen LogP contribution in [0.25, 0.3) is 22.1 Å². The largest absolute Gasteiger partial charge is 0.497 e. The number of carbonyl (C=O) groups is 2. The summed E-state index contributed by atoms with van der Waals surface area (Å²) in [5.74, 6) is 0.348. The van der Waals surface area contributed by atoms with Gasteiger partial charge >= 0.3 is 5.97 Å². The highest BCUT2D eigenvalue weighted by atomic mass is 32.2. The fourth-order valence-corrected chi connectivity index (χ4v) is 9.91. The van der Waals surface area contributed by atoms with Crippen molar-refractivity contribution in [2.24, 2.45) is 5.14 Å². The minimum Gasteiger partial charge on any atom is -0.497 e. The van der Waals surface area contributed by atoms with Crippen molar-refractivity contribution < 1.29 is 33.0 Å². The van der Waals surface area contributed by atoms with Gasteiger partial charge in [0, 0.05) is 29.3 Å². The highest BCUT2D eigenvalue weighted by molar-refractivity contribution is 7.89. The average Bonchev–Trinajstić information content (AvgIpc) is 3.55. The highest BCUT2D eigenvalue weighted by Crippen LogP contribution is 2.64. The van der Waals surface area contributed by atoms with Crippen molar-refractivity contribution in [3.05, 3.63) is 167 Å². The van der Waals surface area contributed by atoms with Crippen molar-refractivity contribution in [1.29, 1.82) is 0 Å². The number of hydrogen-bond acceptors (Lipinski definition) is 10. The number of benzene rings is 6. The Bertz CT molecular complexity index is 3240. The van der Waals surface area contributed by atoms with Crippen LogP contribution < -0.4 is 20.5 Å². The zero-order chi connectivity index (χ0) is 43.8. The lowest BCUT2D eigenvalue weighted by Gasteiger charge is -2.25. The molecule has 6 N–H and O–H groups in total. The number of aromatic carboxylic acids is 1. The number of fused-ring (bicyclic) bond motifs is 3. The molecule has 2 aliphatic carbocycles. The highest BCUT2D eigenvalue weighted by Gasteiger charge is 2.60. The zero-order valence-corrected chi connectivity index (χ0v) is 34.9. The van der Waals surface area contributed by atoms with Gasteiger partial charge in [0.05, 0.1) is 57.3 Å². The summed E-state index contributed by atoms with van der Waals surface area (Å²) in [6.45, 7) is 1.52. The molecule has 0 radical (unpaired) electrons. The van der Waals surface area contributed by atoms with E-state index in [2.05, 4.69) is 33.4 Å². The SMILES string of the molecule is COc1ccc(Nc2nc3cc(C(=O)O)ccc3n2[C@@H]2c3cccc(C4CC4(c4ccccc4)n4c(Nc5ccc(S(N)(=O)=O)cc5)nc5cc(C(C)=O)ccc54)c3C[C@@H]2O)cc1. The maximum Gasteiger partial charge on any atom is 0.335 e. The number of ether oxygens (including phenoxy) is 1. The van der Waals surface area contributed by atoms with Gasteiger partial charge in [-0.1, -0.05) is 48.5 Å². The maximum atomic E-state index is 12.6. The number of aliphatic hydroxyl groups is 1. The minimum atomic E-state index is -3.92. The molecule has 4 atom stereocenters. The van der Waals surface area contributed by atoms with Crippen molar-refractivity contribution in [1.82, 2.24) is 19.1 Å². The molecule has 15 heteroatoms. The topological polar surface area (TPSA) is 204 Å². The monoisotopic (exact) mass is 859 g/mol. The molecule has 6 aromatic carbocycles. The van der Waals surface area contributed by atoms with Gasteiger partial charge < -0.3 is 25.6 Å². The van der Waals surface area contributed by atoms with E-state index < -0.39 is 33.7 Å². The summed E-state index contributed by atoms with van der Waals surface area (Å²) in [6, 6.07) is 39.6. The third-order valence-electron chi connectivity index (χ3n) is 12.4. The van der Waals surface area contributed by atoms with Crippen molar-refractivity contribution in [2.45, 2.75) is 48.3 Å². The molecule has 14 nitrogen and oxygen atoms in total. The van der Waals surface area contributed by atoms with E-state index in [9.17, 15) is 28.2 Å². The van der Waals surface area contributed by atoms with Crippen LogP contribution in [0.4, 0.5) is 23.3 Å². The molecule has 0 spiro atoms. The van der Waals surface area contributed by atoms with Crippen molar-refractivity contribution >= 4 is 67.1 Å². The van der Waals surface area contributed by atoms with Crippen LogP contribution in [-0.2, 0) is 22.0 Å². The molecule has 2 unspecified atom stereocenters. The molecule has 8 aromatic rings. The Morgan fingerprint density at radius 3 is 2.08 bits per heavy atom. The first-order valence-electron chi connectivity index (χ1n) is 20.3. The second-order valence-corrected chi connectivity index (χ2v) is 17.6. The number of ketones is 1. The number of nitrogens with zero attached hydrogens (tertiary/aromatic N) is 4. The van der Waals surface area contributed by atoms with Crippen LogP contribution in [-0.4, -0.2) is 62.7 Å². The number of rotatable bonds is 12. The van der Waals surface area contributed by atoms with E-state index in [0.29, 0.717) is 58.3 Å². The number of aromatic nitrogens is 4. The molecule has 0 saturated heterocycles. The lowest BCUT2D eigenvalue weighted by atomic mass is 9.93. The number of primary sulfonamides is 1. The maximum absolute atomic E-state index is 12.6. The van der Waals surface area contributed by atoms with Crippen LogP contribution in [0, 0.1) is 0 Å². The van der Waals surface area contributed by atoms with Gasteiger partial charge in [0.2, 0.25) is 21.9 Å². The second-order valence-electron chi connectivity index (χ2n) is 16.1. The van der Waals surface area contributed by atoms with Crippen LogP contribution in [0.3, 0.4) is 0 Å². The number of aliphatic hydroxyl groups excluding tert-OH is 1. The standard InChI is InChI=1S/C48H41N7O7S/c1-27(56)28-11-22-42-40(23-28)53-47(51-32-15-19-34(20-16-32)63(49,60)61)55(42)48(30-7-4-3-5-8-30)26-38(48)35-9-6-10-36-37(35)25-43(57)44(36)54-41-21-12-29(45(58)59)24-39(41)52-46(54)50-31-13-17-33(62-2)18-14-31/h3-24,38,43-44,57H,25-26H2,1-2H3,(H,50,52)(H,51,53)(H,58,59)(H2,49,60,61)/t38?,43-,44+,48?/m0/s1. The number of nitrogens with two attached hydrogens (primary N) is 1. The number of nitrogens with one attached hydrogen (secondary N) is 2. The molecule has 1 fully saturated rings. The molecular weight excluding hydrogens is 819 g/mol. The second kappa shape index (κ2) is 14.9. The number of Topliss-reactive ketones (excluding diaryl/α,β-unsaturated/α-hetero) is 1. The quantitative estimate of drug-likeness (QED) is 0.0748. The van der Waals surface area contributed by atoms with Crippen LogP contribution in [0.15, 0.2) is 138 Å². The Balaban J connectivity index is 1.12.